The number of guanidine groups is 1. The highest BCUT2D eigenvalue weighted by Crippen LogP contribution is 2.19. The molecular weight excluding hydrogens is 394 g/mol. The Kier molecular flexibility index (Phi) is 8.62. The van der Waals surface area contributed by atoms with Gasteiger partial charge in [0.05, 0.1) is 17.2 Å². The Morgan fingerprint density at radius 2 is 1.90 bits per heavy atom. The highest BCUT2D eigenvalue weighted by atomic mass is 32.1. The van der Waals surface area contributed by atoms with E-state index in [4.69, 9.17) is 0 Å². The lowest BCUT2D eigenvalue weighted by Gasteiger charge is -2.34. The second-order valence-electron chi connectivity index (χ2n) is 8.14. The minimum absolute atomic E-state index is 0.111. The number of aromatic nitrogens is 1. The topological polar surface area (TPSA) is 55.8 Å². The van der Waals surface area contributed by atoms with Gasteiger partial charge in [0.25, 0.3) is 6.43 Å². The first-order valence-electron chi connectivity index (χ1n) is 10.6. The quantitative estimate of drug-likeness (QED) is 0.516. The lowest BCUT2D eigenvalue weighted by molar-refractivity contribution is 0.0744. The molecule has 6 nitrogen and oxygen atoms in total. The van der Waals surface area contributed by atoms with E-state index in [1.165, 1.54) is 18.5 Å². The van der Waals surface area contributed by atoms with Gasteiger partial charge in [-0.15, -0.1) is 11.3 Å². The largest absolute Gasteiger partial charge is 0.356 e. The molecule has 2 aliphatic heterocycles. The summed E-state index contributed by atoms with van der Waals surface area (Å²) < 4.78 is 25.0. The van der Waals surface area contributed by atoms with E-state index in [-0.39, 0.29) is 6.54 Å². The van der Waals surface area contributed by atoms with E-state index < -0.39 is 6.43 Å². The van der Waals surface area contributed by atoms with Crippen molar-refractivity contribution in [3.05, 3.63) is 16.1 Å². The third-order valence-electron chi connectivity index (χ3n) is 5.87. The van der Waals surface area contributed by atoms with E-state index in [1.54, 1.807) is 18.4 Å². The van der Waals surface area contributed by atoms with Crippen LogP contribution in [0.5, 0.6) is 0 Å². The van der Waals surface area contributed by atoms with Crippen molar-refractivity contribution in [1.82, 2.24) is 25.4 Å². The Bertz CT molecular complexity index is 637. The molecule has 0 bridgehead atoms. The van der Waals surface area contributed by atoms with Crippen LogP contribution in [0.25, 0.3) is 0 Å². The molecule has 1 aromatic rings. The second kappa shape index (κ2) is 11.2. The van der Waals surface area contributed by atoms with Crippen LogP contribution >= 0.6 is 11.3 Å². The standard InChI is InChI=1S/C20H34F2N6S/c1-15-25-18(14-29-15)12-27-7-3-16(4-8-27)11-24-20(23-2)26-17-5-9-28(10-6-17)13-19(21)22/h14,16-17,19H,3-13H2,1-2H3,(H2,23,24,26). The normalized spacial score (nSPS) is 21.1. The summed E-state index contributed by atoms with van der Waals surface area (Å²) in [5, 5.41) is 10.2. The fraction of sp³-hybridized carbons (Fsp3) is 0.800. The Morgan fingerprint density at radius 1 is 1.21 bits per heavy atom. The van der Waals surface area contributed by atoms with E-state index in [9.17, 15) is 8.78 Å². The van der Waals surface area contributed by atoms with Crippen molar-refractivity contribution in [2.45, 2.75) is 51.6 Å². The van der Waals surface area contributed by atoms with Crippen LogP contribution in [0.1, 0.15) is 36.4 Å². The lowest BCUT2D eigenvalue weighted by atomic mass is 9.97. The molecule has 0 unspecified atom stereocenters. The van der Waals surface area contributed by atoms with Gasteiger partial charge >= 0.3 is 0 Å². The number of alkyl halides is 2. The third-order valence-corrected chi connectivity index (χ3v) is 6.69. The molecule has 9 heteroatoms. The Labute approximate surface area is 176 Å². The van der Waals surface area contributed by atoms with Crippen LogP contribution in [-0.2, 0) is 6.54 Å². The van der Waals surface area contributed by atoms with Gasteiger partial charge in [0, 0.05) is 44.6 Å². The van der Waals surface area contributed by atoms with Gasteiger partial charge in [-0.1, -0.05) is 0 Å². The molecule has 0 radical (unpaired) electrons. The van der Waals surface area contributed by atoms with Crippen LogP contribution in [0, 0.1) is 12.8 Å². The molecule has 2 fully saturated rings. The summed E-state index contributed by atoms with van der Waals surface area (Å²) in [6, 6.07) is 0.304. The summed E-state index contributed by atoms with van der Waals surface area (Å²) in [5.74, 6) is 1.48. The molecule has 0 aliphatic carbocycles. The molecular formula is C20H34F2N6S. The zero-order valence-electron chi connectivity index (χ0n) is 17.5. The van der Waals surface area contributed by atoms with Crippen molar-refractivity contribution >= 4 is 17.3 Å². The number of aliphatic imine (C=N–C) groups is 1. The van der Waals surface area contributed by atoms with Crippen molar-refractivity contribution in [1.29, 1.82) is 0 Å². The van der Waals surface area contributed by atoms with E-state index in [2.05, 4.69) is 37.8 Å². The Morgan fingerprint density at radius 3 is 2.48 bits per heavy atom. The molecule has 164 valence electrons. The van der Waals surface area contributed by atoms with Gasteiger partial charge in [-0.25, -0.2) is 13.8 Å². The van der Waals surface area contributed by atoms with E-state index >= 15 is 0 Å². The van der Waals surface area contributed by atoms with Crippen molar-refractivity contribution in [2.75, 3.05) is 46.3 Å². The summed E-state index contributed by atoms with van der Waals surface area (Å²) in [4.78, 5) is 13.3. The molecule has 2 N–H and O–H groups in total. The molecule has 29 heavy (non-hydrogen) atoms. The van der Waals surface area contributed by atoms with Gasteiger partial charge in [0.2, 0.25) is 0 Å². The highest BCUT2D eigenvalue weighted by molar-refractivity contribution is 7.09. The number of rotatable bonds is 7. The zero-order valence-corrected chi connectivity index (χ0v) is 18.4. The summed E-state index contributed by atoms with van der Waals surface area (Å²) >= 11 is 1.72. The molecule has 0 amide bonds. The van der Waals surface area contributed by atoms with Gasteiger partial charge in [-0.2, -0.15) is 0 Å². The van der Waals surface area contributed by atoms with Crippen LogP contribution in [-0.4, -0.2) is 79.5 Å². The maximum atomic E-state index is 12.5. The van der Waals surface area contributed by atoms with Crippen LogP contribution in [0.2, 0.25) is 0 Å². The van der Waals surface area contributed by atoms with Gasteiger partial charge in [0.15, 0.2) is 5.96 Å². The second-order valence-corrected chi connectivity index (χ2v) is 9.20. The van der Waals surface area contributed by atoms with Gasteiger partial charge in [0.1, 0.15) is 0 Å². The molecule has 3 rings (SSSR count). The fourth-order valence-electron chi connectivity index (χ4n) is 4.14. The number of piperidine rings is 2. The number of nitrogens with one attached hydrogen (secondary N) is 2. The van der Waals surface area contributed by atoms with Crippen molar-refractivity contribution < 1.29 is 8.78 Å². The number of hydrogen-bond donors (Lipinski definition) is 2. The Balaban J connectivity index is 1.32. The number of halogens is 2. The zero-order chi connectivity index (χ0) is 20.6. The van der Waals surface area contributed by atoms with Crippen LogP contribution < -0.4 is 10.6 Å². The molecule has 0 aromatic carbocycles. The first kappa shape index (κ1) is 22.4. The fourth-order valence-corrected chi connectivity index (χ4v) is 4.75. The average Bonchev–Trinajstić information content (AvgIpc) is 3.12. The average molecular weight is 429 g/mol. The smallest absolute Gasteiger partial charge is 0.251 e. The molecule has 3 heterocycles. The number of hydrogen-bond acceptors (Lipinski definition) is 5. The van der Waals surface area contributed by atoms with Crippen LogP contribution in [0.4, 0.5) is 8.78 Å². The number of nitrogens with zero attached hydrogens (tertiary/aromatic N) is 4. The summed E-state index contributed by atoms with van der Waals surface area (Å²) in [7, 11) is 1.79. The molecule has 0 spiro atoms. The first-order chi connectivity index (χ1) is 14.0. The van der Waals surface area contributed by atoms with Crippen LogP contribution in [0.3, 0.4) is 0 Å². The predicted molar refractivity (Wildman–Crippen MR) is 115 cm³/mol. The molecule has 0 atom stereocenters. The Hall–Kier alpha value is -1.32. The van der Waals surface area contributed by atoms with E-state index in [0.717, 1.165) is 63.1 Å². The van der Waals surface area contributed by atoms with Gasteiger partial charge in [-0.3, -0.25) is 14.8 Å². The maximum absolute atomic E-state index is 12.5. The maximum Gasteiger partial charge on any atom is 0.251 e. The van der Waals surface area contributed by atoms with Crippen molar-refractivity contribution in [3.63, 3.8) is 0 Å². The third kappa shape index (κ3) is 7.46. The van der Waals surface area contributed by atoms with Crippen LogP contribution in [0.15, 0.2) is 10.4 Å². The van der Waals surface area contributed by atoms with Gasteiger partial charge < -0.3 is 10.6 Å². The number of likely N-dealkylation sites (tertiary alicyclic amines) is 2. The summed E-state index contributed by atoms with van der Waals surface area (Å²) in [5.41, 5.74) is 1.19. The minimum Gasteiger partial charge on any atom is -0.356 e. The predicted octanol–water partition coefficient (Wildman–Crippen LogP) is 2.56. The monoisotopic (exact) mass is 428 g/mol. The molecule has 0 saturated carbocycles. The first-order valence-corrected chi connectivity index (χ1v) is 11.5. The molecule has 2 aliphatic rings. The number of aryl methyl sites for hydroxylation is 1. The summed E-state index contributed by atoms with van der Waals surface area (Å²) in [6.07, 6.45) is 1.87. The van der Waals surface area contributed by atoms with Crippen molar-refractivity contribution in [3.8, 4) is 0 Å². The lowest BCUT2D eigenvalue weighted by Crippen LogP contribution is -2.50. The molecule has 1 aromatic heterocycles. The number of thiazole rings is 1. The van der Waals surface area contributed by atoms with Crippen molar-refractivity contribution in [2.24, 2.45) is 10.9 Å². The SMILES string of the molecule is CN=C(NCC1CCN(Cc2csc(C)n2)CC1)NC1CCN(CC(F)F)CC1. The van der Waals surface area contributed by atoms with Gasteiger partial charge in [-0.05, 0) is 51.6 Å². The molecule has 2 saturated heterocycles. The van der Waals surface area contributed by atoms with E-state index in [0.29, 0.717) is 12.0 Å². The summed E-state index contributed by atoms with van der Waals surface area (Å²) in [6.45, 7) is 7.48. The highest BCUT2D eigenvalue weighted by Gasteiger charge is 2.23. The minimum atomic E-state index is -2.24. The van der Waals surface area contributed by atoms with E-state index in [1.807, 2.05) is 4.90 Å².